The number of esters is 1. The predicted molar refractivity (Wildman–Crippen MR) is 31.3 cm³/mol. The number of ether oxygens (including phenoxy) is 2. The highest BCUT2D eigenvalue weighted by Crippen LogP contribution is 2.48. The Balaban J connectivity index is 1.88. The lowest BCUT2D eigenvalue weighted by Gasteiger charge is -2.07. The molecule has 2 saturated heterocycles. The normalized spacial score (nSPS) is 55.8. The first-order valence-electron chi connectivity index (χ1n) is 3.69. The van der Waals surface area contributed by atoms with Crippen LogP contribution in [0.5, 0.6) is 0 Å². The van der Waals surface area contributed by atoms with Crippen LogP contribution in [0, 0.1) is 5.92 Å². The lowest BCUT2D eigenvalue weighted by molar-refractivity contribution is -0.141. The summed E-state index contributed by atoms with van der Waals surface area (Å²) in [6.45, 7) is 0. The van der Waals surface area contributed by atoms with Gasteiger partial charge in [-0.25, -0.2) is 0 Å². The van der Waals surface area contributed by atoms with Gasteiger partial charge in [-0.1, -0.05) is 0 Å². The Morgan fingerprint density at radius 3 is 3.10 bits per heavy atom. The smallest absolute Gasteiger partial charge is 0.306 e. The minimum absolute atomic E-state index is 0.0380. The summed E-state index contributed by atoms with van der Waals surface area (Å²) in [5.41, 5.74) is 0. The van der Waals surface area contributed by atoms with E-state index in [1.54, 1.807) is 0 Å². The van der Waals surface area contributed by atoms with Gasteiger partial charge in [0.1, 0.15) is 6.10 Å². The monoisotopic (exact) mass is 140 g/mol. The molecule has 3 nitrogen and oxygen atoms in total. The van der Waals surface area contributed by atoms with Crippen molar-refractivity contribution in [3.8, 4) is 0 Å². The van der Waals surface area contributed by atoms with Crippen LogP contribution < -0.4 is 0 Å². The third kappa shape index (κ3) is 0.475. The summed E-state index contributed by atoms with van der Waals surface area (Å²) >= 11 is 0. The molecule has 1 aliphatic carbocycles. The molecule has 0 unspecified atom stereocenters. The van der Waals surface area contributed by atoms with Crippen LogP contribution >= 0.6 is 0 Å². The van der Waals surface area contributed by atoms with Crippen LogP contribution in [0.1, 0.15) is 12.8 Å². The van der Waals surface area contributed by atoms with Crippen molar-refractivity contribution in [3.05, 3.63) is 0 Å². The standard InChI is InChI=1S/C7H8O3/c8-6-1-3-4(9-6)2-5-7(3)10-5/h3-5,7H,1-2H2/t3-,4-,5+,7-/m1/s1. The number of carbonyl (C=O) groups excluding carboxylic acids is 1. The lowest BCUT2D eigenvalue weighted by Crippen LogP contribution is -2.14. The van der Waals surface area contributed by atoms with Gasteiger partial charge in [0.15, 0.2) is 0 Å². The summed E-state index contributed by atoms with van der Waals surface area (Å²) in [7, 11) is 0. The molecule has 0 aromatic carbocycles. The first kappa shape index (κ1) is 5.13. The summed E-state index contributed by atoms with van der Waals surface area (Å²) in [4.78, 5) is 10.7. The predicted octanol–water partition coefficient (Wildman–Crippen LogP) is 0.0892. The van der Waals surface area contributed by atoms with Crippen molar-refractivity contribution >= 4 is 5.97 Å². The molecule has 3 aliphatic rings. The number of fused-ring (bicyclic) bond motifs is 3. The van der Waals surface area contributed by atoms with Gasteiger partial charge in [0.05, 0.1) is 18.6 Å². The van der Waals surface area contributed by atoms with Gasteiger partial charge in [-0.3, -0.25) is 4.79 Å². The Morgan fingerprint density at radius 1 is 1.40 bits per heavy atom. The van der Waals surface area contributed by atoms with E-state index in [9.17, 15) is 4.79 Å². The molecule has 3 heteroatoms. The summed E-state index contributed by atoms with van der Waals surface area (Å²) < 4.78 is 10.3. The van der Waals surface area contributed by atoms with Crippen molar-refractivity contribution < 1.29 is 14.3 Å². The molecule has 3 fully saturated rings. The third-order valence-corrected chi connectivity index (χ3v) is 2.67. The molecular weight excluding hydrogens is 132 g/mol. The lowest BCUT2D eigenvalue weighted by atomic mass is 10.0. The van der Waals surface area contributed by atoms with E-state index < -0.39 is 0 Å². The average Bonchev–Trinajstić information content (AvgIpc) is 2.40. The van der Waals surface area contributed by atoms with Gasteiger partial charge < -0.3 is 9.47 Å². The van der Waals surface area contributed by atoms with Gasteiger partial charge >= 0.3 is 5.97 Å². The summed E-state index contributed by atoms with van der Waals surface area (Å²) in [6, 6.07) is 0. The van der Waals surface area contributed by atoms with Crippen LogP contribution in [0.15, 0.2) is 0 Å². The summed E-state index contributed by atoms with van der Waals surface area (Å²) in [6.07, 6.45) is 2.54. The zero-order chi connectivity index (χ0) is 6.72. The molecule has 0 aromatic rings. The summed E-state index contributed by atoms with van der Waals surface area (Å²) in [5, 5.41) is 0. The topological polar surface area (TPSA) is 38.8 Å². The number of hydrogen-bond donors (Lipinski definition) is 0. The van der Waals surface area contributed by atoms with Gasteiger partial charge in [-0.15, -0.1) is 0 Å². The van der Waals surface area contributed by atoms with Gasteiger partial charge in [-0.2, -0.15) is 0 Å². The second kappa shape index (κ2) is 1.37. The summed E-state index contributed by atoms with van der Waals surface area (Å²) in [5.74, 6) is 0.362. The SMILES string of the molecule is O=C1C[C@H]2[C@H]3O[C@H]3C[C@H]2O1. The molecule has 0 aromatic heterocycles. The molecule has 0 bridgehead atoms. The number of hydrogen-bond acceptors (Lipinski definition) is 3. The highest BCUT2D eigenvalue weighted by Gasteiger charge is 2.60. The molecule has 1 saturated carbocycles. The molecule has 2 aliphatic heterocycles. The van der Waals surface area contributed by atoms with E-state index in [-0.39, 0.29) is 12.1 Å². The minimum Gasteiger partial charge on any atom is -0.462 e. The van der Waals surface area contributed by atoms with Gasteiger partial charge in [0.25, 0.3) is 0 Å². The van der Waals surface area contributed by atoms with Crippen molar-refractivity contribution in [1.82, 2.24) is 0 Å². The van der Waals surface area contributed by atoms with Gasteiger partial charge in [-0.05, 0) is 0 Å². The van der Waals surface area contributed by atoms with E-state index in [0.717, 1.165) is 6.42 Å². The molecule has 0 spiro atoms. The maximum Gasteiger partial charge on any atom is 0.306 e. The maximum atomic E-state index is 10.7. The largest absolute Gasteiger partial charge is 0.462 e. The molecule has 54 valence electrons. The van der Waals surface area contributed by atoms with Crippen molar-refractivity contribution in [1.29, 1.82) is 0 Å². The van der Waals surface area contributed by atoms with E-state index in [2.05, 4.69) is 0 Å². The molecule has 10 heavy (non-hydrogen) atoms. The Bertz CT molecular complexity index is 201. The second-order valence-electron chi connectivity index (χ2n) is 3.27. The zero-order valence-electron chi connectivity index (χ0n) is 5.45. The molecule has 0 radical (unpaired) electrons. The highest BCUT2D eigenvalue weighted by molar-refractivity contribution is 5.72. The molecule has 0 N–H and O–H groups in total. The Kier molecular flexibility index (Phi) is 0.703. The maximum absolute atomic E-state index is 10.7. The fraction of sp³-hybridized carbons (Fsp3) is 0.857. The fourth-order valence-electron chi connectivity index (χ4n) is 2.13. The van der Waals surface area contributed by atoms with Crippen LogP contribution in [0.2, 0.25) is 0 Å². The molecule has 3 rings (SSSR count). The Hall–Kier alpha value is -0.570. The highest BCUT2D eigenvalue weighted by atomic mass is 16.6. The molecule has 0 amide bonds. The second-order valence-corrected chi connectivity index (χ2v) is 3.27. The fourth-order valence-corrected chi connectivity index (χ4v) is 2.13. The van der Waals surface area contributed by atoms with Crippen LogP contribution in [-0.2, 0) is 14.3 Å². The van der Waals surface area contributed by atoms with Gasteiger partial charge in [0, 0.05) is 12.3 Å². The van der Waals surface area contributed by atoms with E-state index in [1.165, 1.54) is 0 Å². The van der Waals surface area contributed by atoms with E-state index in [4.69, 9.17) is 9.47 Å². The number of carbonyl (C=O) groups is 1. The van der Waals surface area contributed by atoms with E-state index in [0.29, 0.717) is 24.5 Å². The van der Waals surface area contributed by atoms with Crippen LogP contribution in [-0.4, -0.2) is 24.3 Å². The van der Waals surface area contributed by atoms with Crippen molar-refractivity contribution in [3.63, 3.8) is 0 Å². The first-order chi connectivity index (χ1) is 4.84. The van der Waals surface area contributed by atoms with Crippen molar-refractivity contribution in [2.24, 2.45) is 5.92 Å². The van der Waals surface area contributed by atoms with Crippen molar-refractivity contribution in [2.45, 2.75) is 31.2 Å². The molecule has 4 atom stereocenters. The minimum atomic E-state index is -0.0380. The first-order valence-corrected chi connectivity index (χ1v) is 3.69. The van der Waals surface area contributed by atoms with Crippen molar-refractivity contribution in [2.75, 3.05) is 0 Å². The Labute approximate surface area is 58.3 Å². The molecule has 2 heterocycles. The third-order valence-electron chi connectivity index (χ3n) is 2.67. The van der Waals surface area contributed by atoms with Crippen LogP contribution in [0.4, 0.5) is 0 Å². The number of rotatable bonds is 0. The van der Waals surface area contributed by atoms with Crippen LogP contribution in [0.25, 0.3) is 0 Å². The average molecular weight is 140 g/mol. The quantitative estimate of drug-likeness (QED) is 0.353. The zero-order valence-corrected chi connectivity index (χ0v) is 5.45. The van der Waals surface area contributed by atoms with E-state index in [1.807, 2.05) is 0 Å². The molecular formula is C7H8O3. The van der Waals surface area contributed by atoms with E-state index >= 15 is 0 Å². The Morgan fingerprint density at radius 2 is 2.30 bits per heavy atom. The number of epoxide rings is 1. The van der Waals surface area contributed by atoms with Crippen LogP contribution in [0.3, 0.4) is 0 Å². The van der Waals surface area contributed by atoms with Gasteiger partial charge in [0.2, 0.25) is 0 Å².